The number of nitrogens with one attached hydrogen (secondary N) is 3. The second-order valence-electron chi connectivity index (χ2n) is 8.77. The van der Waals surface area contributed by atoms with E-state index < -0.39 is 105 Å². The summed E-state index contributed by atoms with van der Waals surface area (Å²) < 4.78 is 122. The molecule has 214 valence electrons. The summed E-state index contributed by atoms with van der Waals surface area (Å²) in [6.07, 6.45) is -2.49. The molecule has 1 aromatic carbocycles. The van der Waals surface area contributed by atoms with Gasteiger partial charge in [0.1, 0.15) is 22.7 Å². The van der Waals surface area contributed by atoms with Crippen LogP contribution in [0.5, 0.6) is 0 Å². The molecule has 0 radical (unpaired) electrons. The molecule has 1 fully saturated rings. The topological polar surface area (TPSA) is 174 Å². The third-order valence-electron chi connectivity index (χ3n) is 5.44. The maximum Gasteiger partial charge on any atom is 1.00 e. The van der Waals surface area contributed by atoms with Crippen molar-refractivity contribution in [3.63, 3.8) is 0 Å². The first-order chi connectivity index (χ1) is 18.3. The van der Waals surface area contributed by atoms with Gasteiger partial charge in [-0.05, 0) is 25.2 Å². The number of alkyl carbamates (subject to hydrolysis) is 1. The van der Waals surface area contributed by atoms with E-state index in [0.29, 0.717) is 0 Å². The van der Waals surface area contributed by atoms with Crippen LogP contribution in [0.25, 0.3) is 0 Å². The largest absolute Gasteiger partial charge is 1.00 e. The molecule has 4 atom stereocenters. The maximum atomic E-state index is 14.1. The molecule has 1 unspecified atom stereocenters. The van der Waals surface area contributed by atoms with Crippen LogP contribution in [0.4, 0.5) is 26.7 Å². The number of amides is 3. The van der Waals surface area contributed by atoms with Crippen molar-refractivity contribution >= 4 is 28.0 Å². The Hall–Kier alpha value is -2.05. The number of aliphatic hydroxyl groups excluding tert-OH is 1. The molecule has 2 rings (SSSR count). The van der Waals surface area contributed by atoms with Crippen LogP contribution in [0.3, 0.4) is 0 Å². The normalized spacial score (nSPS) is 18.7. The van der Waals surface area contributed by atoms with Crippen LogP contribution >= 0.6 is 0 Å². The zero-order valence-electron chi connectivity index (χ0n) is 22.8. The fraction of sp³-hybridized carbons (Fsp3) is 0.571. The predicted octanol–water partition coefficient (Wildman–Crippen LogP) is -2.10. The smallest absolute Gasteiger partial charge is 0.746 e. The van der Waals surface area contributed by atoms with Gasteiger partial charge in [0, 0.05) is 12.5 Å². The first-order valence-electron chi connectivity index (χ1n) is 12.0. The van der Waals surface area contributed by atoms with Crippen molar-refractivity contribution < 1.29 is 91.4 Å². The molecule has 0 bridgehead atoms. The van der Waals surface area contributed by atoms with E-state index in [1.807, 2.05) is 10.6 Å². The van der Waals surface area contributed by atoms with E-state index in [1.54, 1.807) is 13.8 Å². The van der Waals surface area contributed by atoms with Gasteiger partial charge in [0.2, 0.25) is 17.6 Å². The molecule has 1 aliphatic rings. The molecule has 39 heavy (non-hydrogen) atoms. The average Bonchev–Trinajstić information content (AvgIpc) is 3.22. The monoisotopic (exact) mass is 599 g/mol. The van der Waals surface area contributed by atoms with E-state index in [-0.39, 0.29) is 48.9 Å². The SMILES string of the molecule is [2H]C([2H])(OC(=O)N[C@@H](CC(C)C)C(=O)N[C@@H](C[C@@H]1CCNC1=O)C(O)S(=O)(=O)[O-])c1c(F)c(F)c(F)c(F)c1F.[Na+]. The van der Waals surface area contributed by atoms with Gasteiger partial charge in [-0.1, -0.05) is 13.8 Å². The first-order valence-corrected chi connectivity index (χ1v) is 12.5. The fourth-order valence-electron chi connectivity index (χ4n) is 3.57. The van der Waals surface area contributed by atoms with Crippen molar-refractivity contribution in [1.82, 2.24) is 16.0 Å². The first kappa shape index (κ1) is 31.5. The summed E-state index contributed by atoms with van der Waals surface area (Å²) in [5.41, 5.74) is -4.83. The van der Waals surface area contributed by atoms with Crippen LogP contribution in [0.1, 0.15) is 41.4 Å². The molecule has 4 N–H and O–H groups in total. The van der Waals surface area contributed by atoms with Crippen LogP contribution in [0.2, 0.25) is 0 Å². The van der Waals surface area contributed by atoms with Crippen molar-refractivity contribution in [1.29, 1.82) is 0 Å². The summed E-state index contributed by atoms with van der Waals surface area (Å²) in [5, 5.41) is 16.3. The van der Waals surface area contributed by atoms with E-state index in [1.165, 1.54) is 0 Å². The molecule has 11 nitrogen and oxygen atoms in total. The van der Waals surface area contributed by atoms with Crippen molar-refractivity contribution in [2.45, 2.75) is 57.2 Å². The molecule has 0 aromatic heterocycles. The van der Waals surface area contributed by atoms with Gasteiger partial charge in [-0.3, -0.25) is 9.59 Å². The molecule has 0 saturated carbocycles. The van der Waals surface area contributed by atoms with E-state index in [0.717, 1.165) is 0 Å². The molecule has 1 aliphatic heterocycles. The Labute approximate surface area is 245 Å². The Kier molecular flexibility index (Phi) is 11.7. The minimum atomic E-state index is -5.41. The number of rotatable bonds is 11. The van der Waals surface area contributed by atoms with E-state index in [9.17, 15) is 54.4 Å². The van der Waals surface area contributed by atoms with Gasteiger partial charge in [-0.15, -0.1) is 0 Å². The van der Waals surface area contributed by atoms with Gasteiger partial charge in [0.05, 0.1) is 14.3 Å². The number of carbonyl (C=O) groups is 3. The van der Waals surface area contributed by atoms with Gasteiger partial charge >= 0.3 is 35.7 Å². The number of benzene rings is 1. The van der Waals surface area contributed by atoms with Crippen molar-refractivity contribution in [2.24, 2.45) is 11.8 Å². The van der Waals surface area contributed by atoms with Crippen LogP contribution in [0, 0.1) is 40.9 Å². The standard InChI is InChI=1S/C21H26F5N3O8S.Na/c1-8(2)5-11(29-21(33)37-7-10-13(22)15(24)17(26)16(25)14(10)23)19(31)28-12(20(32)38(34,35)36)6-9-3-4-27-18(9)30;/h8-9,11-12,20,32H,3-7H2,1-2H3,(H,27,30)(H,28,31)(H,29,33)(H,34,35,36);/q;+1/p-1/t9-,11-,12-,20?;/m0./s1/i7D2;. The molecule has 3 amide bonds. The van der Waals surface area contributed by atoms with Gasteiger partial charge in [-0.2, -0.15) is 0 Å². The summed E-state index contributed by atoms with van der Waals surface area (Å²) in [4.78, 5) is 37.2. The second kappa shape index (κ2) is 14.5. The number of halogens is 5. The van der Waals surface area contributed by atoms with Crippen molar-refractivity contribution in [3.05, 3.63) is 34.6 Å². The van der Waals surface area contributed by atoms with Gasteiger partial charge < -0.3 is 30.3 Å². The zero-order chi connectivity index (χ0) is 30.7. The van der Waals surface area contributed by atoms with Crippen LogP contribution < -0.4 is 45.5 Å². The Morgan fingerprint density at radius 1 is 1.13 bits per heavy atom. The molecule has 0 spiro atoms. The fourth-order valence-corrected chi connectivity index (χ4v) is 4.16. The second-order valence-corrected chi connectivity index (χ2v) is 10.2. The van der Waals surface area contributed by atoms with Gasteiger partial charge in [-0.25, -0.2) is 35.2 Å². The van der Waals surface area contributed by atoms with Crippen LogP contribution in [-0.4, -0.2) is 60.0 Å². The third kappa shape index (κ3) is 9.24. The van der Waals surface area contributed by atoms with E-state index >= 15 is 0 Å². The molecular weight excluding hydrogens is 572 g/mol. The Morgan fingerprint density at radius 3 is 2.13 bits per heavy atom. The minimum absolute atomic E-state index is 0. The van der Waals surface area contributed by atoms with Crippen LogP contribution in [0.15, 0.2) is 0 Å². The summed E-state index contributed by atoms with van der Waals surface area (Å²) in [7, 11) is -5.41. The molecule has 0 aliphatic carbocycles. The quantitative estimate of drug-likeness (QED) is 0.0736. The summed E-state index contributed by atoms with van der Waals surface area (Å²) in [6.45, 7) is -0.659. The Morgan fingerprint density at radius 2 is 1.67 bits per heavy atom. The molecule has 1 saturated heterocycles. The number of ether oxygens (including phenoxy) is 1. The zero-order valence-corrected chi connectivity index (χ0v) is 23.6. The average molecular weight is 600 g/mol. The number of aliphatic hydroxyl groups is 1. The van der Waals surface area contributed by atoms with Crippen molar-refractivity contribution in [2.75, 3.05) is 6.54 Å². The number of hydrogen-bond donors (Lipinski definition) is 4. The summed E-state index contributed by atoms with van der Waals surface area (Å²) >= 11 is 0. The van der Waals surface area contributed by atoms with Gasteiger partial charge in [0.25, 0.3) is 0 Å². The maximum absolute atomic E-state index is 14.1. The number of carbonyl (C=O) groups excluding carboxylic acids is 3. The molecule has 18 heteroatoms. The molecule has 1 aromatic rings. The molecule has 1 heterocycles. The van der Waals surface area contributed by atoms with Gasteiger partial charge in [0.15, 0.2) is 28.7 Å². The van der Waals surface area contributed by atoms with E-state index in [4.69, 9.17) is 2.74 Å². The summed E-state index contributed by atoms with van der Waals surface area (Å²) in [5.74, 6) is -15.9. The minimum Gasteiger partial charge on any atom is -0.746 e. The number of hydrogen-bond acceptors (Lipinski definition) is 8. The van der Waals surface area contributed by atoms with E-state index in [2.05, 4.69) is 10.1 Å². The third-order valence-corrected chi connectivity index (χ3v) is 6.36. The Bertz CT molecular complexity index is 1250. The van der Waals surface area contributed by atoms with Crippen LogP contribution in [-0.2, 0) is 31.0 Å². The summed E-state index contributed by atoms with van der Waals surface area (Å²) in [6, 6.07) is -3.56. The predicted molar refractivity (Wildman–Crippen MR) is 116 cm³/mol. The molecular formula is C21H25F5N3NaO8S. The van der Waals surface area contributed by atoms with Crippen molar-refractivity contribution in [3.8, 4) is 0 Å². The Balaban J connectivity index is 0.00000840.